The summed E-state index contributed by atoms with van der Waals surface area (Å²) >= 11 is 3.36. The number of aromatic nitrogens is 2. The highest BCUT2D eigenvalue weighted by atomic mass is 79.9. The molecule has 9 heteroatoms. The first-order valence-electron chi connectivity index (χ1n) is 7.43. The number of nitrogens with zero attached hydrogens (tertiary/aromatic N) is 2. The Bertz CT molecular complexity index is 940. The van der Waals surface area contributed by atoms with Crippen LogP contribution >= 0.6 is 15.9 Å². The normalized spacial score (nSPS) is 10.3. The van der Waals surface area contributed by atoms with E-state index in [1.807, 2.05) is 24.3 Å². The molecule has 0 saturated heterocycles. The average molecular weight is 417 g/mol. The van der Waals surface area contributed by atoms with Gasteiger partial charge >= 0.3 is 0 Å². The van der Waals surface area contributed by atoms with E-state index >= 15 is 0 Å². The third-order valence-electron chi connectivity index (χ3n) is 3.22. The molecule has 0 saturated carbocycles. The van der Waals surface area contributed by atoms with E-state index in [9.17, 15) is 9.59 Å². The molecule has 0 fully saturated rings. The number of halogens is 1. The van der Waals surface area contributed by atoms with Crippen molar-refractivity contribution in [2.45, 2.75) is 6.61 Å². The van der Waals surface area contributed by atoms with Gasteiger partial charge < -0.3 is 20.2 Å². The first-order valence-corrected chi connectivity index (χ1v) is 8.22. The van der Waals surface area contributed by atoms with Crippen molar-refractivity contribution in [1.82, 2.24) is 10.2 Å². The number of ether oxygens (including phenoxy) is 1. The summed E-state index contributed by atoms with van der Waals surface area (Å²) in [7, 11) is 0. The molecule has 0 aliphatic rings. The van der Waals surface area contributed by atoms with Gasteiger partial charge in [0.15, 0.2) is 17.3 Å². The number of carbonyl (C=O) groups is 2. The van der Waals surface area contributed by atoms with Gasteiger partial charge in [-0.05, 0) is 42.5 Å². The Balaban J connectivity index is 1.59. The topological polar surface area (TPSA) is 120 Å². The molecule has 2 amide bonds. The van der Waals surface area contributed by atoms with Gasteiger partial charge in [-0.1, -0.05) is 22.0 Å². The molecule has 3 aromatic rings. The Morgan fingerprint density at radius 2 is 2.00 bits per heavy atom. The summed E-state index contributed by atoms with van der Waals surface area (Å²) in [6, 6.07) is 13.3. The Morgan fingerprint density at radius 1 is 1.15 bits per heavy atom. The first kappa shape index (κ1) is 17.6. The highest BCUT2D eigenvalue weighted by Gasteiger charge is 2.13. The maximum Gasteiger partial charge on any atom is 0.292 e. The largest absolute Gasteiger partial charge is 0.486 e. The van der Waals surface area contributed by atoms with Gasteiger partial charge in [-0.15, -0.1) is 10.2 Å². The number of rotatable bonds is 6. The molecule has 3 N–H and O–H groups in total. The predicted octanol–water partition coefficient (Wildman–Crippen LogP) is 2.76. The lowest BCUT2D eigenvalue weighted by Crippen LogP contribution is -2.16. The third kappa shape index (κ3) is 4.45. The van der Waals surface area contributed by atoms with Gasteiger partial charge in [-0.2, -0.15) is 0 Å². The minimum absolute atomic E-state index is 0.00739. The van der Waals surface area contributed by atoms with Gasteiger partial charge in [-0.25, -0.2) is 0 Å². The smallest absolute Gasteiger partial charge is 0.292 e. The quantitative estimate of drug-likeness (QED) is 0.637. The van der Waals surface area contributed by atoms with E-state index in [0.29, 0.717) is 11.5 Å². The van der Waals surface area contributed by atoms with Crippen LogP contribution in [0, 0.1) is 0 Å². The van der Waals surface area contributed by atoms with Crippen molar-refractivity contribution in [2.24, 2.45) is 5.73 Å². The van der Waals surface area contributed by atoms with Gasteiger partial charge in [0.25, 0.3) is 11.8 Å². The van der Waals surface area contributed by atoms with Crippen LogP contribution in [0.4, 0.5) is 5.82 Å². The number of hydrogen-bond acceptors (Lipinski definition) is 6. The number of furan rings is 1. The van der Waals surface area contributed by atoms with Crippen molar-refractivity contribution in [3.05, 3.63) is 70.2 Å². The van der Waals surface area contributed by atoms with E-state index in [1.165, 1.54) is 18.2 Å². The Hall–Kier alpha value is -3.20. The van der Waals surface area contributed by atoms with Crippen molar-refractivity contribution in [3.8, 4) is 5.75 Å². The summed E-state index contributed by atoms with van der Waals surface area (Å²) in [6.07, 6.45) is 0. The summed E-state index contributed by atoms with van der Waals surface area (Å²) in [6.45, 7) is 0.177. The Labute approximate surface area is 156 Å². The number of anilines is 1. The molecule has 2 heterocycles. The highest BCUT2D eigenvalue weighted by Crippen LogP contribution is 2.19. The average Bonchev–Trinajstić information content (AvgIpc) is 3.10. The number of nitrogens with two attached hydrogens (primary N) is 1. The zero-order valence-electron chi connectivity index (χ0n) is 13.3. The van der Waals surface area contributed by atoms with Crippen LogP contribution < -0.4 is 15.8 Å². The lowest BCUT2D eigenvalue weighted by molar-refractivity contribution is 0.0987. The number of nitrogens with one attached hydrogen (secondary N) is 1. The first-order chi connectivity index (χ1) is 12.5. The SMILES string of the molecule is NC(=O)c1ccc(NC(=O)c2ccc(COc3cccc(Br)c3)o2)nn1. The lowest BCUT2D eigenvalue weighted by atomic mass is 10.3. The number of carbonyl (C=O) groups excluding carboxylic acids is 2. The van der Waals surface area contributed by atoms with Gasteiger partial charge in [0, 0.05) is 4.47 Å². The minimum atomic E-state index is -0.698. The van der Waals surface area contributed by atoms with Crippen LogP contribution in [0.2, 0.25) is 0 Å². The number of benzene rings is 1. The second-order valence-corrected chi connectivity index (χ2v) is 6.05. The Kier molecular flexibility index (Phi) is 5.28. The van der Waals surface area contributed by atoms with E-state index in [1.54, 1.807) is 6.07 Å². The molecular weight excluding hydrogens is 404 g/mol. The van der Waals surface area contributed by atoms with Crippen LogP contribution in [0.5, 0.6) is 5.75 Å². The van der Waals surface area contributed by atoms with Crippen LogP contribution in [-0.4, -0.2) is 22.0 Å². The molecule has 0 bridgehead atoms. The lowest BCUT2D eigenvalue weighted by Gasteiger charge is -2.04. The van der Waals surface area contributed by atoms with Gasteiger partial charge in [-0.3, -0.25) is 9.59 Å². The highest BCUT2D eigenvalue weighted by molar-refractivity contribution is 9.10. The van der Waals surface area contributed by atoms with Crippen LogP contribution in [0.3, 0.4) is 0 Å². The van der Waals surface area contributed by atoms with Gasteiger partial charge in [0.1, 0.15) is 18.1 Å². The van der Waals surface area contributed by atoms with E-state index in [0.717, 1.165) is 4.47 Å². The molecule has 0 aliphatic heterocycles. The van der Waals surface area contributed by atoms with E-state index < -0.39 is 11.8 Å². The van der Waals surface area contributed by atoms with Crippen molar-refractivity contribution >= 4 is 33.6 Å². The molecule has 0 unspecified atom stereocenters. The van der Waals surface area contributed by atoms with Crippen molar-refractivity contribution in [1.29, 1.82) is 0 Å². The van der Waals surface area contributed by atoms with Crippen molar-refractivity contribution < 1.29 is 18.7 Å². The summed E-state index contributed by atoms with van der Waals surface area (Å²) in [5.74, 6) is 0.232. The minimum Gasteiger partial charge on any atom is -0.486 e. The van der Waals surface area contributed by atoms with E-state index in [4.69, 9.17) is 14.9 Å². The third-order valence-corrected chi connectivity index (χ3v) is 3.71. The molecule has 8 nitrogen and oxygen atoms in total. The van der Waals surface area contributed by atoms with Crippen LogP contribution in [-0.2, 0) is 6.61 Å². The van der Waals surface area contributed by atoms with Gasteiger partial charge in [0.2, 0.25) is 0 Å². The van der Waals surface area contributed by atoms with E-state index in [-0.39, 0.29) is 23.9 Å². The standard InChI is InChI=1S/C17H13BrN4O4/c18-10-2-1-3-11(8-10)25-9-12-4-6-14(26-12)17(24)20-15-7-5-13(16(19)23)21-22-15/h1-8H,9H2,(H2,19,23)(H,20,22,24). The molecular formula is C17H13BrN4O4. The fourth-order valence-corrected chi connectivity index (χ4v) is 2.38. The second-order valence-electron chi connectivity index (χ2n) is 5.13. The molecule has 132 valence electrons. The monoisotopic (exact) mass is 416 g/mol. The molecule has 0 radical (unpaired) electrons. The second kappa shape index (κ2) is 7.79. The summed E-state index contributed by atoms with van der Waals surface area (Å²) in [5.41, 5.74) is 5.09. The molecule has 26 heavy (non-hydrogen) atoms. The summed E-state index contributed by atoms with van der Waals surface area (Å²) in [4.78, 5) is 23.1. The molecule has 1 aromatic carbocycles. The molecule has 0 atom stereocenters. The Morgan fingerprint density at radius 3 is 2.69 bits per heavy atom. The van der Waals surface area contributed by atoms with E-state index in [2.05, 4.69) is 31.4 Å². The maximum atomic E-state index is 12.2. The summed E-state index contributed by atoms with van der Waals surface area (Å²) in [5, 5.41) is 9.82. The molecule has 0 spiro atoms. The fourth-order valence-electron chi connectivity index (χ4n) is 2.00. The van der Waals surface area contributed by atoms with Crippen LogP contribution in [0.1, 0.15) is 26.8 Å². The zero-order valence-corrected chi connectivity index (χ0v) is 14.9. The van der Waals surface area contributed by atoms with Gasteiger partial charge in [0.05, 0.1) is 0 Å². The number of primary amides is 1. The molecule has 2 aromatic heterocycles. The number of amides is 2. The molecule has 0 aliphatic carbocycles. The zero-order chi connectivity index (χ0) is 18.5. The molecule has 3 rings (SSSR count). The van der Waals surface area contributed by atoms with Crippen LogP contribution in [0.25, 0.3) is 0 Å². The maximum absolute atomic E-state index is 12.2. The summed E-state index contributed by atoms with van der Waals surface area (Å²) < 4.78 is 12.0. The van der Waals surface area contributed by atoms with Crippen LogP contribution in [0.15, 0.2) is 57.4 Å². The predicted molar refractivity (Wildman–Crippen MR) is 95.7 cm³/mol. The fraction of sp³-hybridized carbons (Fsp3) is 0.0588. The van der Waals surface area contributed by atoms with Crippen molar-refractivity contribution in [3.63, 3.8) is 0 Å². The number of hydrogen-bond donors (Lipinski definition) is 2. The van der Waals surface area contributed by atoms with Crippen molar-refractivity contribution in [2.75, 3.05) is 5.32 Å².